The van der Waals surface area contributed by atoms with Gasteiger partial charge in [0.15, 0.2) is 6.10 Å². The number of carbonyl (C=O) groups excluding carboxylic acids is 3. The molecule has 0 saturated heterocycles. The van der Waals surface area contributed by atoms with E-state index < -0.39 is 6.10 Å². The van der Waals surface area contributed by atoms with E-state index in [1.807, 2.05) is 0 Å². The maximum atomic E-state index is 12.7. The average Bonchev–Trinajstić information content (AvgIpc) is 3.28. The van der Waals surface area contributed by atoms with Gasteiger partial charge in [0.25, 0.3) is 0 Å². The summed E-state index contributed by atoms with van der Waals surface area (Å²) in [4.78, 5) is 37.8. The van der Waals surface area contributed by atoms with Gasteiger partial charge in [0, 0.05) is 19.3 Å². The van der Waals surface area contributed by atoms with Gasteiger partial charge in [0.2, 0.25) is 0 Å². The van der Waals surface area contributed by atoms with Crippen LogP contribution in [0.2, 0.25) is 0 Å². The van der Waals surface area contributed by atoms with Gasteiger partial charge in [0.05, 0.1) is 0 Å². The van der Waals surface area contributed by atoms with Gasteiger partial charge >= 0.3 is 17.9 Å². The number of hydrogen-bond donors (Lipinski definition) is 0. The van der Waals surface area contributed by atoms with Crippen LogP contribution >= 0.6 is 0 Å². The molecule has 0 aliphatic carbocycles. The molecule has 0 aromatic rings. The van der Waals surface area contributed by atoms with Gasteiger partial charge in [0.1, 0.15) is 13.2 Å². The molecule has 6 nitrogen and oxygen atoms in total. The van der Waals surface area contributed by atoms with Gasteiger partial charge in [-0.3, -0.25) is 14.4 Å². The molecule has 0 amide bonds. The third-order valence-electron chi connectivity index (χ3n) is 12.5. The Balaban J connectivity index is 4.02. The smallest absolute Gasteiger partial charge is 0.306 e. The van der Waals surface area contributed by atoms with E-state index in [9.17, 15) is 14.4 Å². The van der Waals surface area contributed by atoms with E-state index in [0.717, 1.165) is 64.2 Å². The molecule has 370 valence electrons. The molecule has 1 atom stereocenters. The fraction of sp³-hybridized carbons (Fsp3) is 0.877. The highest BCUT2D eigenvalue weighted by atomic mass is 16.6. The summed E-state index contributed by atoms with van der Waals surface area (Å²) >= 11 is 0. The number of ether oxygens (including phenoxy) is 3. The minimum Gasteiger partial charge on any atom is -0.462 e. The van der Waals surface area contributed by atoms with E-state index in [2.05, 4.69) is 45.1 Å². The van der Waals surface area contributed by atoms with Crippen LogP contribution in [0, 0.1) is 0 Å². The second kappa shape index (κ2) is 52.5. The van der Waals surface area contributed by atoms with Gasteiger partial charge in [-0.05, 0) is 51.4 Å². The maximum absolute atomic E-state index is 12.7. The Morgan fingerprint density at radius 2 is 0.571 bits per heavy atom. The van der Waals surface area contributed by atoms with E-state index in [1.54, 1.807) is 0 Å². The van der Waals surface area contributed by atoms with Crippen molar-refractivity contribution in [1.29, 1.82) is 0 Å². The summed E-state index contributed by atoms with van der Waals surface area (Å²) in [6, 6.07) is 0. The monoisotopic (exact) mass is 887 g/mol. The summed E-state index contributed by atoms with van der Waals surface area (Å²) in [5.74, 6) is -0.859. The van der Waals surface area contributed by atoms with Crippen LogP contribution < -0.4 is 0 Å². The second-order valence-corrected chi connectivity index (χ2v) is 18.9. The first-order valence-corrected chi connectivity index (χ1v) is 27.8. The van der Waals surface area contributed by atoms with Crippen molar-refractivity contribution in [2.24, 2.45) is 0 Å². The Bertz CT molecular complexity index is 1020. The quantitative estimate of drug-likeness (QED) is 0.0262. The van der Waals surface area contributed by atoms with Crippen LogP contribution in [-0.4, -0.2) is 37.2 Å². The van der Waals surface area contributed by atoms with Gasteiger partial charge < -0.3 is 14.2 Å². The second-order valence-electron chi connectivity index (χ2n) is 18.9. The number of carbonyl (C=O) groups is 3. The lowest BCUT2D eigenvalue weighted by Gasteiger charge is -2.18. The van der Waals surface area contributed by atoms with Gasteiger partial charge in [-0.2, -0.15) is 0 Å². The highest BCUT2D eigenvalue weighted by Gasteiger charge is 2.19. The Morgan fingerprint density at radius 1 is 0.317 bits per heavy atom. The zero-order valence-corrected chi connectivity index (χ0v) is 42.4. The van der Waals surface area contributed by atoms with Crippen LogP contribution in [-0.2, 0) is 28.6 Å². The first kappa shape index (κ1) is 60.9. The van der Waals surface area contributed by atoms with Crippen molar-refractivity contribution in [3.05, 3.63) is 24.3 Å². The molecule has 0 N–H and O–H groups in total. The molecule has 0 spiro atoms. The largest absolute Gasteiger partial charge is 0.462 e. The Kier molecular flexibility index (Phi) is 50.8. The third kappa shape index (κ3) is 50.7. The predicted octanol–water partition coefficient (Wildman–Crippen LogP) is 18.3. The van der Waals surface area contributed by atoms with E-state index in [0.29, 0.717) is 19.3 Å². The Morgan fingerprint density at radius 3 is 0.873 bits per heavy atom. The number of esters is 3. The molecular weight excluding hydrogens is 781 g/mol. The number of unbranched alkanes of at least 4 members (excludes halogenated alkanes) is 36. The van der Waals surface area contributed by atoms with Crippen molar-refractivity contribution in [3.63, 3.8) is 0 Å². The Labute approximate surface area is 392 Å². The van der Waals surface area contributed by atoms with Crippen LogP contribution in [0.25, 0.3) is 0 Å². The molecular formula is C57H106O6. The summed E-state index contributed by atoms with van der Waals surface area (Å²) in [6.07, 6.45) is 60.6. The summed E-state index contributed by atoms with van der Waals surface area (Å²) in [5, 5.41) is 0. The summed E-state index contributed by atoms with van der Waals surface area (Å²) in [5.41, 5.74) is 0. The van der Waals surface area contributed by atoms with Crippen LogP contribution in [0.3, 0.4) is 0 Å². The molecule has 0 aromatic heterocycles. The topological polar surface area (TPSA) is 78.9 Å². The van der Waals surface area contributed by atoms with E-state index in [-0.39, 0.29) is 31.1 Å². The highest BCUT2D eigenvalue weighted by molar-refractivity contribution is 5.71. The maximum Gasteiger partial charge on any atom is 0.306 e. The number of allylic oxidation sites excluding steroid dienone is 4. The summed E-state index contributed by atoms with van der Waals surface area (Å²) in [7, 11) is 0. The SMILES string of the molecule is CCCCCCC/C=C\C/C=C\CCCCCCCCCCCCCCCCCC(=O)OCC(COC(=O)CCCCCCCCC)OC(=O)CCCCCCCCCCCCC. The molecule has 0 rings (SSSR count). The predicted molar refractivity (Wildman–Crippen MR) is 270 cm³/mol. The van der Waals surface area contributed by atoms with Crippen molar-refractivity contribution in [1.82, 2.24) is 0 Å². The van der Waals surface area contributed by atoms with Crippen LogP contribution in [0.15, 0.2) is 24.3 Å². The first-order chi connectivity index (χ1) is 31.0. The normalized spacial score (nSPS) is 12.1. The zero-order chi connectivity index (χ0) is 45.8. The van der Waals surface area contributed by atoms with Crippen molar-refractivity contribution in [3.8, 4) is 0 Å². The number of hydrogen-bond acceptors (Lipinski definition) is 6. The standard InChI is InChI=1S/C57H106O6/c1-4-7-10-13-16-18-20-21-22-23-24-25-26-27-28-29-30-31-32-33-34-35-37-38-41-44-47-50-56(59)62-53-54(52-61-55(58)49-46-43-40-15-12-9-6-3)63-57(60)51-48-45-42-39-36-19-17-14-11-8-5-2/h20-21,23-24,54H,4-19,22,25-53H2,1-3H3/b21-20-,24-23-. The van der Waals surface area contributed by atoms with Crippen LogP contribution in [0.4, 0.5) is 0 Å². The van der Waals surface area contributed by atoms with Crippen molar-refractivity contribution >= 4 is 17.9 Å². The van der Waals surface area contributed by atoms with Crippen LogP contribution in [0.1, 0.15) is 303 Å². The lowest BCUT2D eigenvalue weighted by molar-refractivity contribution is -0.167. The fourth-order valence-electron chi connectivity index (χ4n) is 8.24. The average molecular weight is 887 g/mol. The molecule has 6 heteroatoms. The van der Waals surface area contributed by atoms with Gasteiger partial charge in [-0.1, -0.05) is 257 Å². The minimum atomic E-state index is -0.762. The summed E-state index contributed by atoms with van der Waals surface area (Å²) in [6.45, 7) is 6.61. The first-order valence-electron chi connectivity index (χ1n) is 27.8. The molecule has 1 unspecified atom stereocenters. The Hall–Kier alpha value is -2.11. The van der Waals surface area contributed by atoms with Crippen LogP contribution in [0.5, 0.6) is 0 Å². The molecule has 0 radical (unpaired) electrons. The molecule has 0 saturated carbocycles. The van der Waals surface area contributed by atoms with Crippen molar-refractivity contribution in [2.75, 3.05) is 13.2 Å². The van der Waals surface area contributed by atoms with E-state index >= 15 is 0 Å². The van der Waals surface area contributed by atoms with Gasteiger partial charge in [-0.25, -0.2) is 0 Å². The molecule has 0 aliphatic rings. The molecule has 0 bridgehead atoms. The lowest BCUT2D eigenvalue weighted by Crippen LogP contribution is -2.30. The zero-order valence-electron chi connectivity index (χ0n) is 42.4. The van der Waals surface area contributed by atoms with E-state index in [4.69, 9.17) is 14.2 Å². The molecule has 0 heterocycles. The number of rotatable bonds is 51. The van der Waals surface area contributed by atoms with Gasteiger partial charge in [-0.15, -0.1) is 0 Å². The van der Waals surface area contributed by atoms with E-state index in [1.165, 1.54) is 199 Å². The van der Waals surface area contributed by atoms with Crippen molar-refractivity contribution in [2.45, 2.75) is 309 Å². The van der Waals surface area contributed by atoms with Crippen molar-refractivity contribution < 1.29 is 28.6 Å². The molecule has 0 fully saturated rings. The molecule has 63 heavy (non-hydrogen) atoms. The fourth-order valence-corrected chi connectivity index (χ4v) is 8.24. The molecule has 0 aliphatic heterocycles. The third-order valence-corrected chi connectivity index (χ3v) is 12.5. The lowest BCUT2D eigenvalue weighted by atomic mass is 10.0. The molecule has 0 aromatic carbocycles. The summed E-state index contributed by atoms with van der Waals surface area (Å²) < 4.78 is 16.7. The minimum absolute atomic E-state index is 0.0663. The highest BCUT2D eigenvalue weighted by Crippen LogP contribution is 2.16.